The molecule has 0 amide bonds. The first-order valence-electron chi connectivity index (χ1n) is 4.60. The van der Waals surface area contributed by atoms with Crippen molar-refractivity contribution >= 4 is 34.8 Å². The molecule has 86 valence electrons. The number of methoxy groups -OCH3 is 1. The van der Waals surface area contributed by atoms with Gasteiger partial charge in [-0.2, -0.15) is 0 Å². The fourth-order valence-corrected chi connectivity index (χ4v) is 1.99. The van der Waals surface area contributed by atoms with E-state index < -0.39 is 5.97 Å². The molecule has 0 radical (unpaired) electrons. The third kappa shape index (κ3) is 2.52. The van der Waals surface area contributed by atoms with Crippen LogP contribution in [0.5, 0.6) is 5.75 Å². The lowest BCUT2D eigenvalue weighted by Crippen LogP contribution is -2.09. The minimum atomic E-state index is -0.497. The SMILES string of the molecule is COC(=O)c1ccc(O)c(C=O)c1CCI. The Morgan fingerprint density at radius 1 is 1.56 bits per heavy atom. The minimum absolute atomic E-state index is 0.109. The van der Waals surface area contributed by atoms with Gasteiger partial charge < -0.3 is 9.84 Å². The molecular weight excluding hydrogens is 323 g/mol. The van der Waals surface area contributed by atoms with Crippen molar-refractivity contribution < 1.29 is 19.4 Å². The number of hydrogen-bond acceptors (Lipinski definition) is 4. The lowest BCUT2D eigenvalue weighted by Gasteiger charge is -2.10. The highest BCUT2D eigenvalue weighted by Crippen LogP contribution is 2.24. The number of hydrogen-bond donors (Lipinski definition) is 1. The molecule has 0 fully saturated rings. The molecule has 4 nitrogen and oxygen atoms in total. The predicted octanol–water partition coefficient (Wildman–Crippen LogP) is 1.97. The van der Waals surface area contributed by atoms with Crippen molar-refractivity contribution in [3.8, 4) is 5.75 Å². The van der Waals surface area contributed by atoms with Gasteiger partial charge in [-0.1, -0.05) is 22.6 Å². The number of phenols is 1. The summed E-state index contributed by atoms with van der Waals surface area (Å²) in [4.78, 5) is 22.3. The zero-order chi connectivity index (χ0) is 12.1. The van der Waals surface area contributed by atoms with Crippen LogP contribution in [0.25, 0.3) is 0 Å². The number of carbonyl (C=O) groups is 2. The summed E-state index contributed by atoms with van der Waals surface area (Å²) >= 11 is 2.14. The number of halogens is 1. The van der Waals surface area contributed by atoms with E-state index in [1.165, 1.54) is 19.2 Å². The van der Waals surface area contributed by atoms with Gasteiger partial charge >= 0.3 is 5.97 Å². The summed E-state index contributed by atoms with van der Waals surface area (Å²) in [7, 11) is 1.28. The fraction of sp³-hybridized carbons (Fsp3) is 0.273. The molecule has 0 aliphatic heterocycles. The van der Waals surface area contributed by atoms with Gasteiger partial charge in [0.05, 0.1) is 18.2 Å². The topological polar surface area (TPSA) is 63.6 Å². The predicted molar refractivity (Wildman–Crippen MR) is 67.4 cm³/mol. The first-order valence-corrected chi connectivity index (χ1v) is 6.12. The maximum atomic E-state index is 11.5. The van der Waals surface area contributed by atoms with Crippen molar-refractivity contribution in [2.75, 3.05) is 11.5 Å². The van der Waals surface area contributed by atoms with Gasteiger partial charge in [-0.05, 0) is 24.1 Å². The smallest absolute Gasteiger partial charge is 0.338 e. The first-order chi connectivity index (χ1) is 7.65. The van der Waals surface area contributed by atoms with Crippen LogP contribution < -0.4 is 0 Å². The van der Waals surface area contributed by atoms with E-state index in [2.05, 4.69) is 27.3 Å². The lowest BCUT2D eigenvalue weighted by atomic mass is 9.98. The Hall–Kier alpha value is -1.11. The van der Waals surface area contributed by atoms with Gasteiger partial charge in [0.25, 0.3) is 0 Å². The highest BCUT2D eigenvalue weighted by Gasteiger charge is 2.17. The number of benzene rings is 1. The third-order valence-corrected chi connectivity index (χ3v) is 2.74. The summed E-state index contributed by atoms with van der Waals surface area (Å²) in [6, 6.07) is 2.79. The molecule has 0 aliphatic rings. The maximum Gasteiger partial charge on any atom is 0.338 e. The van der Waals surface area contributed by atoms with Crippen molar-refractivity contribution in [3.05, 3.63) is 28.8 Å². The van der Waals surface area contributed by atoms with E-state index in [1.807, 2.05) is 0 Å². The molecule has 0 aliphatic carbocycles. The van der Waals surface area contributed by atoms with Gasteiger partial charge in [0.2, 0.25) is 0 Å². The van der Waals surface area contributed by atoms with Gasteiger partial charge in [-0.3, -0.25) is 4.79 Å². The Morgan fingerprint density at radius 3 is 2.75 bits per heavy atom. The molecule has 1 aromatic carbocycles. The van der Waals surface area contributed by atoms with Gasteiger partial charge in [-0.15, -0.1) is 0 Å². The molecule has 0 bridgehead atoms. The molecule has 5 heteroatoms. The Labute approximate surface area is 107 Å². The summed E-state index contributed by atoms with van der Waals surface area (Å²) in [5, 5.41) is 9.51. The van der Waals surface area contributed by atoms with Gasteiger partial charge in [0, 0.05) is 4.43 Å². The van der Waals surface area contributed by atoms with Crippen LogP contribution in [0.1, 0.15) is 26.3 Å². The van der Waals surface area contributed by atoms with Crippen LogP contribution in [0.3, 0.4) is 0 Å². The van der Waals surface area contributed by atoms with Crippen molar-refractivity contribution in [3.63, 3.8) is 0 Å². The van der Waals surface area contributed by atoms with Gasteiger partial charge in [0.15, 0.2) is 6.29 Å². The zero-order valence-electron chi connectivity index (χ0n) is 8.70. The largest absolute Gasteiger partial charge is 0.507 e. The van der Waals surface area contributed by atoms with Gasteiger partial charge in [-0.25, -0.2) is 4.79 Å². The van der Waals surface area contributed by atoms with E-state index in [0.29, 0.717) is 23.8 Å². The second-order valence-electron chi connectivity index (χ2n) is 3.07. The number of aromatic hydroxyl groups is 1. The standard InChI is InChI=1S/C11H11IO4/c1-16-11(15)8-2-3-10(14)9(6-13)7(8)4-5-12/h2-3,6,14H,4-5H2,1H3. The quantitative estimate of drug-likeness (QED) is 0.396. The molecule has 0 saturated carbocycles. The highest BCUT2D eigenvalue weighted by molar-refractivity contribution is 14.1. The second-order valence-corrected chi connectivity index (χ2v) is 4.15. The summed E-state index contributed by atoms with van der Waals surface area (Å²) in [5.74, 6) is -0.606. The molecule has 16 heavy (non-hydrogen) atoms. The Balaban J connectivity index is 3.37. The molecule has 1 rings (SSSR count). The van der Waals surface area contributed by atoms with Crippen LogP contribution in [0, 0.1) is 0 Å². The van der Waals surface area contributed by atoms with E-state index in [1.54, 1.807) is 0 Å². The summed E-state index contributed by atoms with van der Waals surface area (Å²) in [6.07, 6.45) is 1.09. The van der Waals surface area contributed by atoms with Crippen molar-refractivity contribution in [2.24, 2.45) is 0 Å². The number of ether oxygens (including phenoxy) is 1. The second kappa shape index (κ2) is 5.83. The molecular formula is C11H11IO4. The van der Waals surface area contributed by atoms with E-state index >= 15 is 0 Å². The number of alkyl halides is 1. The van der Waals surface area contributed by atoms with Crippen molar-refractivity contribution in [2.45, 2.75) is 6.42 Å². The maximum absolute atomic E-state index is 11.5. The summed E-state index contributed by atoms with van der Waals surface area (Å²) < 4.78 is 5.37. The van der Waals surface area contributed by atoms with Crippen LogP contribution in [0.15, 0.2) is 12.1 Å². The minimum Gasteiger partial charge on any atom is -0.507 e. The monoisotopic (exact) mass is 334 g/mol. The average molecular weight is 334 g/mol. The van der Waals surface area contributed by atoms with E-state index in [9.17, 15) is 14.7 Å². The van der Waals surface area contributed by atoms with Crippen LogP contribution in [-0.2, 0) is 11.2 Å². The Morgan fingerprint density at radius 2 is 2.25 bits per heavy atom. The summed E-state index contributed by atoms with van der Waals surface area (Å²) in [5.41, 5.74) is 1.04. The van der Waals surface area contributed by atoms with Crippen molar-refractivity contribution in [1.29, 1.82) is 0 Å². The number of phenolic OH excluding ortho intramolecular Hbond substituents is 1. The summed E-state index contributed by atoms with van der Waals surface area (Å²) in [6.45, 7) is 0. The average Bonchev–Trinajstić information content (AvgIpc) is 2.29. The van der Waals surface area contributed by atoms with Crippen LogP contribution in [0.2, 0.25) is 0 Å². The molecule has 0 aromatic heterocycles. The highest BCUT2D eigenvalue weighted by atomic mass is 127. The van der Waals surface area contributed by atoms with E-state index in [0.717, 1.165) is 4.43 Å². The number of rotatable bonds is 4. The van der Waals surface area contributed by atoms with Crippen molar-refractivity contribution in [1.82, 2.24) is 0 Å². The zero-order valence-corrected chi connectivity index (χ0v) is 10.9. The van der Waals surface area contributed by atoms with Crippen LogP contribution >= 0.6 is 22.6 Å². The fourth-order valence-electron chi connectivity index (χ4n) is 1.45. The first kappa shape index (κ1) is 13.0. The Bertz CT molecular complexity index is 415. The van der Waals surface area contributed by atoms with Crippen LogP contribution in [-0.4, -0.2) is 28.9 Å². The van der Waals surface area contributed by atoms with E-state index in [-0.39, 0.29) is 11.3 Å². The molecule has 0 unspecified atom stereocenters. The molecule has 0 saturated heterocycles. The number of aldehydes is 1. The third-order valence-electron chi connectivity index (χ3n) is 2.20. The molecule has 1 N–H and O–H groups in total. The Kier molecular flexibility index (Phi) is 4.72. The van der Waals surface area contributed by atoms with Gasteiger partial charge in [0.1, 0.15) is 5.75 Å². The molecule has 0 atom stereocenters. The number of esters is 1. The van der Waals surface area contributed by atoms with E-state index in [4.69, 9.17) is 0 Å². The molecule has 0 spiro atoms. The molecule has 1 aromatic rings. The molecule has 0 heterocycles. The lowest BCUT2D eigenvalue weighted by molar-refractivity contribution is 0.0599. The normalized spacial score (nSPS) is 9.88. The van der Waals surface area contributed by atoms with Crippen LogP contribution in [0.4, 0.5) is 0 Å². The number of carbonyl (C=O) groups excluding carboxylic acids is 2.